The molecule has 0 aliphatic carbocycles. The Kier molecular flexibility index (Phi) is 6.37. The molecule has 0 N–H and O–H groups in total. The highest BCUT2D eigenvalue weighted by molar-refractivity contribution is 7.89. The predicted octanol–water partition coefficient (Wildman–Crippen LogP) is 2.12. The van der Waals surface area contributed by atoms with Gasteiger partial charge in [0.1, 0.15) is 5.75 Å². The van der Waals surface area contributed by atoms with Gasteiger partial charge in [-0.1, -0.05) is 24.3 Å². The van der Waals surface area contributed by atoms with E-state index in [4.69, 9.17) is 4.74 Å². The second-order valence-electron chi connectivity index (χ2n) is 7.05. The maximum Gasteiger partial charge on any atom is 0.270 e. The quantitative estimate of drug-likeness (QED) is 0.510. The van der Waals surface area contributed by atoms with Crippen molar-refractivity contribution in [2.45, 2.75) is 18.7 Å². The number of non-ortho nitro benzene ring substituents is 1. The number of piperazine rings is 1. The molecule has 0 aromatic heterocycles. The van der Waals surface area contributed by atoms with Crippen LogP contribution in [0, 0.1) is 24.0 Å². The van der Waals surface area contributed by atoms with Gasteiger partial charge in [0, 0.05) is 38.3 Å². The van der Waals surface area contributed by atoms with Crippen LogP contribution in [0.5, 0.6) is 5.75 Å². The Labute approximate surface area is 175 Å². The Balaban J connectivity index is 1.60. The standard InChI is InChI=1S/C20H23N3O6S/c1-15-5-3-6-16(2)20(15)29-14-19(24)21-9-11-22(12-10-21)30(27,28)18-8-4-7-17(13-18)23(25)26/h3-8,13H,9-12,14H2,1-2H3. The third-order valence-electron chi connectivity index (χ3n) is 5.01. The van der Waals surface area contributed by atoms with Gasteiger partial charge in [-0.15, -0.1) is 0 Å². The van der Waals surface area contributed by atoms with Crippen molar-refractivity contribution in [1.29, 1.82) is 0 Å². The topological polar surface area (TPSA) is 110 Å². The van der Waals surface area contributed by atoms with Crippen molar-refractivity contribution in [3.63, 3.8) is 0 Å². The van der Waals surface area contributed by atoms with Crippen LogP contribution in [0.2, 0.25) is 0 Å². The van der Waals surface area contributed by atoms with Crippen LogP contribution in [0.15, 0.2) is 47.4 Å². The SMILES string of the molecule is Cc1cccc(C)c1OCC(=O)N1CCN(S(=O)(=O)c2cccc([N+](=O)[O-])c2)CC1. The van der Waals surface area contributed by atoms with Gasteiger partial charge in [0.05, 0.1) is 9.82 Å². The van der Waals surface area contributed by atoms with Gasteiger partial charge in [0.2, 0.25) is 10.0 Å². The van der Waals surface area contributed by atoms with Gasteiger partial charge in [0.25, 0.3) is 11.6 Å². The van der Waals surface area contributed by atoms with E-state index in [1.807, 2.05) is 32.0 Å². The Morgan fingerprint density at radius 3 is 2.27 bits per heavy atom. The highest BCUT2D eigenvalue weighted by atomic mass is 32.2. The molecule has 0 bridgehead atoms. The van der Waals surface area contributed by atoms with Crippen molar-refractivity contribution >= 4 is 21.6 Å². The fourth-order valence-corrected chi connectivity index (χ4v) is 4.80. The first kappa shape index (κ1) is 21.7. The van der Waals surface area contributed by atoms with Crippen LogP contribution in [0.4, 0.5) is 5.69 Å². The van der Waals surface area contributed by atoms with Gasteiger partial charge in [-0.05, 0) is 31.0 Å². The van der Waals surface area contributed by atoms with E-state index in [0.29, 0.717) is 5.75 Å². The van der Waals surface area contributed by atoms with Gasteiger partial charge in [-0.3, -0.25) is 14.9 Å². The first-order chi connectivity index (χ1) is 14.2. The predicted molar refractivity (Wildman–Crippen MR) is 110 cm³/mol. The van der Waals surface area contributed by atoms with E-state index in [1.54, 1.807) is 4.90 Å². The zero-order valence-corrected chi connectivity index (χ0v) is 17.6. The number of hydrogen-bond acceptors (Lipinski definition) is 6. The van der Waals surface area contributed by atoms with E-state index < -0.39 is 14.9 Å². The monoisotopic (exact) mass is 433 g/mol. The molecule has 1 aliphatic rings. The molecule has 0 unspecified atom stereocenters. The number of benzene rings is 2. The van der Waals surface area contributed by atoms with E-state index in [2.05, 4.69) is 0 Å². The van der Waals surface area contributed by atoms with Crippen molar-refractivity contribution in [2.24, 2.45) is 0 Å². The number of nitrogens with zero attached hydrogens (tertiary/aromatic N) is 3. The number of aryl methyl sites for hydroxylation is 2. The summed E-state index contributed by atoms with van der Waals surface area (Å²) in [4.78, 5) is 24.2. The lowest BCUT2D eigenvalue weighted by Crippen LogP contribution is -2.51. The second-order valence-corrected chi connectivity index (χ2v) is 8.99. The third-order valence-corrected chi connectivity index (χ3v) is 6.90. The van der Waals surface area contributed by atoms with Crippen LogP contribution in [-0.4, -0.2) is 61.2 Å². The molecule has 2 aromatic rings. The zero-order chi connectivity index (χ0) is 21.9. The summed E-state index contributed by atoms with van der Waals surface area (Å²) in [6, 6.07) is 10.7. The molecule has 0 atom stereocenters. The van der Waals surface area contributed by atoms with Crippen LogP contribution in [0.25, 0.3) is 0 Å². The normalized spacial score (nSPS) is 15.1. The number of nitro benzene ring substituents is 1. The lowest BCUT2D eigenvalue weighted by molar-refractivity contribution is -0.385. The number of ether oxygens (including phenoxy) is 1. The molecule has 9 nitrogen and oxygen atoms in total. The molecular weight excluding hydrogens is 410 g/mol. The van der Waals surface area contributed by atoms with Gasteiger partial charge in [0.15, 0.2) is 6.61 Å². The van der Waals surface area contributed by atoms with Gasteiger partial charge in [-0.2, -0.15) is 4.31 Å². The molecule has 30 heavy (non-hydrogen) atoms. The van der Waals surface area contributed by atoms with Crippen LogP contribution >= 0.6 is 0 Å². The summed E-state index contributed by atoms with van der Waals surface area (Å²) in [5.41, 5.74) is 1.60. The number of carbonyl (C=O) groups excluding carboxylic acids is 1. The molecule has 160 valence electrons. The van der Waals surface area contributed by atoms with Crippen molar-refractivity contribution in [1.82, 2.24) is 9.21 Å². The number of sulfonamides is 1. The summed E-state index contributed by atoms with van der Waals surface area (Å²) in [7, 11) is -3.87. The van der Waals surface area contributed by atoms with E-state index in [1.165, 1.54) is 22.5 Å². The number of nitro groups is 1. The molecule has 3 rings (SSSR count). The molecule has 1 aliphatic heterocycles. The highest BCUT2D eigenvalue weighted by Gasteiger charge is 2.31. The maximum atomic E-state index is 12.8. The zero-order valence-electron chi connectivity index (χ0n) is 16.8. The molecule has 1 saturated heterocycles. The van der Waals surface area contributed by atoms with Gasteiger partial charge in [-0.25, -0.2) is 8.42 Å². The summed E-state index contributed by atoms with van der Waals surface area (Å²) in [6.45, 7) is 4.37. The van der Waals surface area contributed by atoms with Crippen LogP contribution in [0.1, 0.15) is 11.1 Å². The molecule has 0 spiro atoms. The first-order valence-corrected chi connectivity index (χ1v) is 10.9. The lowest BCUT2D eigenvalue weighted by atomic mass is 10.1. The molecule has 10 heteroatoms. The Morgan fingerprint density at radius 1 is 1.07 bits per heavy atom. The Bertz CT molecular complexity index is 1040. The number of hydrogen-bond donors (Lipinski definition) is 0. The minimum Gasteiger partial charge on any atom is -0.483 e. The van der Waals surface area contributed by atoms with E-state index in [0.717, 1.165) is 17.2 Å². The van der Waals surface area contributed by atoms with Gasteiger partial charge < -0.3 is 9.64 Å². The first-order valence-electron chi connectivity index (χ1n) is 9.41. The smallest absolute Gasteiger partial charge is 0.270 e. The molecule has 1 fully saturated rings. The fourth-order valence-electron chi connectivity index (χ4n) is 3.34. The molecular formula is C20H23N3O6S. The van der Waals surface area contributed by atoms with Crippen LogP contribution in [-0.2, 0) is 14.8 Å². The van der Waals surface area contributed by atoms with E-state index >= 15 is 0 Å². The molecule has 1 amide bonds. The molecule has 2 aromatic carbocycles. The van der Waals surface area contributed by atoms with Gasteiger partial charge >= 0.3 is 0 Å². The maximum absolute atomic E-state index is 12.8. The van der Waals surface area contributed by atoms with E-state index in [-0.39, 0.29) is 49.3 Å². The average Bonchev–Trinajstić information content (AvgIpc) is 2.73. The Morgan fingerprint density at radius 2 is 1.67 bits per heavy atom. The lowest BCUT2D eigenvalue weighted by Gasteiger charge is -2.34. The summed E-state index contributed by atoms with van der Waals surface area (Å²) in [5, 5.41) is 10.9. The summed E-state index contributed by atoms with van der Waals surface area (Å²) in [5.74, 6) is 0.461. The summed E-state index contributed by atoms with van der Waals surface area (Å²) < 4.78 is 32.5. The molecule has 0 saturated carbocycles. The van der Waals surface area contributed by atoms with Crippen LogP contribution < -0.4 is 4.74 Å². The van der Waals surface area contributed by atoms with E-state index in [9.17, 15) is 23.3 Å². The van der Waals surface area contributed by atoms with Crippen LogP contribution in [0.3, 0.4) is 0 Å². The largest absolute Gasteiger partial charge is 0.483 e. The van der Waals surface area contributed by atoms with Crippen molar-refractivity contribution < 1.29 is 22.9 Å². The molecule has 1 heterocycles. The number of rotatable bonds is 6. The second kappa shape index (κ2) is 8.80. The number of amides is 1. The minimum absolute atomic E-state index is 0.111. The number of para-hydroxylation sites is 1. The summed E-state index contributed by atoms with van der Waals surface area (Å²) >= 11 is 0. The average molecular weight is 433 g/mol. The summed E-state index contributed by atoms with van der Waals surface area (Å²) in [6.07, 6.45) is 0. The van der Waals surface area contributed by atoms with Crippen molar-refractivity contribution in [3.05, 3.63) is 63.7 Å². The van der Waals surface area contributed by atoms with Crippen molar-refractivity contribution in [2.75, 3.05) is 32.8 Å². The highest BCUT2D eigenvalue weighted by Crippen LogP contribution is 2.23. The third kappa shape index (κ3) is 4.60. The molecule has 0 radical (unpaired) electrons. The van der Waals surface area contributed by atoms with Crippen molar-refractivity contribution in [3.8, 4) is 5.75 Å². The number of carbonyl (C=O) groups is 1. The fraction of sp³-hybridized carbons (Fsp3) is 0.350. The Hall–Kier alpha value is -2.98. The minimum atomic E-state index is -3.87.